The Kier molecular flexibility index (Phi) is 3.64. The Bertz CT molecular complexity index is 455. The molecule has 1 amide bonds. The van der Waals surface area contributed by atoms with Gasteiger partial charge in [-0.25, -0.2) is 0 Å². The predicted molar refractivity (Wildman–Crippen MR) is 64.9 cm³/mol. The number of amides is 1. The zero-order chi connectivity index (χ0) is 13.1. The molecule has 0 bridgehead atoms. The fourth-order valence-corrected chi connectivity index (χ4v) is 2.36. The van der Waals surface area contributed by atoms with E-state index in [1.54, 1.807) is 24.0 Å². The molecule has 2 atom stereocenters. The van der Waals surface area contributed by atoms with Gasteiger partial charge in [0.2, 0.25) is 5.91 Å². The molecule has 2 N–H and O–H groups in total. The van der Waals surface area contributed by atoms with Crippen LogP contribution < -0.4 is 5.32 Å². The first-order chi connectivity index (χ1) is 8.56. The molecule has 0 aliphatic heterocycles. The molecule has 1 aliphatic rings. The van der Waals surface area contributed by atoms with E-state index in [1.165, 1.54) is 0 Å². The molecule has 0 aromatic carbocycles. The van der Waals surface area contributed by atoms with Gasteiger partial charge in [-0.15, -0.1) is 0 Å². The highest BCUT2D eigenvalue weighted by Gasteiger charge is 2.31. The van der Waals surface area contributed by atoms with Gasteiger partial charge >= 0.3 is 5.97 Å². The molecule has 2 rings (SSSR count). The van der Waals surface area contributed by atoms with E-state index in [1.807, 2.05) is 0 Å². The van der Waals surface area contributed by atoms with Gasteiger partial charge in [-0.2, -0.15) is 5.10 Å². The number of hydrogen-bond acceptors (Lipinski definition) is 3. The fourth-order valence-electron chi connectivity index (χ4n) is 2.36. The second-order valence-electron chi connectivity index (χ2n) is 4.76. The molecule has 0 spiro atoms. The number of hydrogen-bond donors (Lipinski definition) is 2. The minimum atomic E-state index is -0.801. The SMILES string of the molecule is Cn1ccc(NC(=O)[C@H]2CCC[C@H](C(=O)O)C2)n1. The number of anilines is 1. The molecule has 98 valence electrons. The average Bonchev–Trinajstić information content (AvgIpc) is 2.75. The van der Waals surface area contributed by atoms with Crippen molar-refractivity contribution < 1.29 is 14.7 Å². The number of carbonyl (C=O) groups is 2. The smallest absolute Gasteiger partial charge is 0.306 e. The van der Waals surface area contributed by atoms with Crippen LogP contribution in [0.3, 0.4) is 0 Å². The van der Waals surface area contributed by atoms with Crippen LogP contribution in [0.1, 0.15) is 25.7 Å². The van der Waals surface area contributed by atoms with Crippen molar-refractivity contribution in [1.29, 1.82) is 0 Å². The Hall–Kier alpha value is -1.85. The fraction of sp³-hybridized carbons (Fsp3) is 0.583. The molecule has 6 heteroatoms. The number of carboxylic acids is 1. The van der Waals surface area contributed by atoms with Crippen molar-refractivity contribution in [2.24, 2.45) is 18.9 Å². The van der Waals surface area contributed by atoms with E-state index >= 15 is 0 Å². The minimum Gasteiger partial charge on any atom is -0.481 e. The third-order valence-electron chi connectivity index (χ3n) is 3.36. The van der Waals surface area contributed by atoms with Crippen molar-refractivity contribution in [2.75, 3.05) is 5.32 Å². The van der Waals surface area contributed by atoms with Crippen molar-refractivity contribution in [1.82, 2.24) is 9.78 Å². The van der Waals surface area contributed by atoms with Crippen LogP contribution in [0, 0.1) is 11.8 Å². The highest BCUT2D eigenvalue weighted by molar-refractivity contribution is 5.92. The Morgan fingerprint density at radius 1 is 1.44 bits per heavy atom. The predicted octanol–water partition coefficient (Wildman–Crippen LogP) is 1.25. The van der Waals surface area contributed by atoms with Crippen molar-refractivity contribution >= 4 is 17.7 Å². The second kappa shape index (κ2) is 5.20. The maximum Gasteiger partial charge on any atom is 0.306 e. The Labute approximate surface area is 105 Å². The van der Waals surface area contributed by atoms with E-state index in [0.29, 0.717) is 18.7 Å². The second-order valence-corrected chi connectivity index (χ2v) is 4.76. The first-order valence-electron chi connectivity index (χ1n) is 6.09. The monoisotopic (exact) mass is 251 g/mol. The Morgan fingerprint density at radius 3 is 2.78 bits per heavy atom. The van der Waals surface area contributed by atoms with Gasteiger partial charge in [0.1, 0.15) is 0 Å². The highest BCUT2D eigenvalue weighted by atomic mass is 16.4. The van der Waals surface area contributed by atoms with Crippen LogP contribution in [-0.2, 0) is 16.6 Å². The van der Waals surface area contributed by atoms with E-state index < -0.39 is 11.9 Å². The summed E-state index contributed by atoms with van der Waals surface area (Å²) in [6.45, 7) is 0. The van der Waals surface area contributed by atoms with Gasteiger partial charge in [0.05, 0.1) is 5.92 Å². The van der Waals surface area contributed by atoms with E-state index in [-0.39, 0.29) is 11.8 Å². The number of rotatable bonds is 3. The molecule has 1 aromatic heterocycles. The molecule has 1 fully saturated rings. The minimum absolute atomic E-state index is 0.125. The average molecular weight is 251 g/mol. The van der Waals surface area contributed by atoms with Crippen LogP contribution in [0.4, 0.5) is 5.82 Å². The molecule has 1 saturated carbocycles. The Balaban J connectivity index is 1.94. The first kappa shape index (κ1) is 12.6. The number of nitrogens with one attached hydrogen (secondary N) is 1. The maximum atomic E-state index is 12.0. The topological polar surface area (TPSA) is 84.2 Å². The van der Waals surface area contributed by atoms with E-state index in [2.05, 4.69) is 10.4 Å². The quantitative estimate of drug-likeness (QED) is 0.846. The number of aliphatic carboxylic acids is 1. The number of carbonyl (C=O) groups excluding carboxylic acids is 1. The highest BCUT2D eigenvalue weighted by Crippen LogP contribution is 2.29. The summed E-state index contributed by atoms with van der Waals surface area (Å²) >= 11 is 0. The summed E-state index contributed by atoms with van der Waals surface area (Å²) in [7, 11) is 1.77. The lowest BCUT2D eigenvalue weighted by Crippen LogP contribution is -2.31. The van der Waals surface area contributed by atoms with Gasteiger partial charge in [-0.05, 0) is 19.3 Å². The number of carboxylic acid groups (broad SMARTS) is 1. The lowest BCUT2D eigenvalue weighted by molar-refractivity contribution is -0.143. The molecule has 0 saturated heterocycles. The third kappa shape index (κ3) is 2.88. The van der Waals surface area contributed by atoms with Crippen LogP contribution >= 0.6 is 0 Å². The molecule has 6 nitrogen and oxygen atoms in total. The van der Waals surface area contributed by atoms with E-state index in [4.69, 9.17) is 5.11 Å². The van der Waals surface area contributed by atoms with Crippen LogP contribution in [0.2, 0.25) is 0 Å². The van der Waals surface area contributed by atoms with Gasteiger partial charge in [0.25, 0.3) is 0 Å². The van der Waals surface area contributed by atoms with Crippen LogP contribution in [-0.4, -0.2) is 26.8 Å². The van der Waals surface area contributed by atoms with Crippen molar-refractivity contribution in [3.05, 3.63) is 12.3 Å². The van der Waals surface area contributed by atoms with Crippen molar-refractivity contribution in [3.8, 4) is 0 Å². The first-order valence-corrected chi connectivity index (χ1v) is 6.09. The maximum absolute atomic E-state index is 12.0. The van der Waals surface area contributed by atoms with E-state index in [9.17, 15) is 9.59 Å². The number of nitrogens with zero attached hydrogens (tertiary/aromatic N) is 2. The summed E-state index contributed by atoms with van der Waals surface area (Å²) in [5.41, 5.74) is 0. The standard InChI is InChI=1S/C12H17N3O3/c1-15-6-5-10(14-15)13-11(16)8-3-2-4-9(7-8)12(17)18/h5-6,8-9H,2-4,7H2,1H3,(H,17,18)(H,13,14,16)/t8-,9-/m0/s1. The van der Waals surface area contributed by atoms with Crippen molar-refractivity contribution in [2.45, 2.75) is 25.7 Å². The lowest BCUT2D eigenvalue weighted by Gasteiger charge is -2.25. The molecule has 1 heterocycles. The molecule has 1 aromatic rings. The normalized spacial score (nSPS) is 23.6. The molecule has 18 heavy (non-hydrogen) atoms. The Morgan fingerprint density at radius 2 is 2.17 bits per heavy atom. The molecule has 1 aliphatic carbocycles. The van der Waals surface area contributed by atoms with Gasteiger partial charge in [-0.1, -0.05) is 6.42 Å². The van der Waals surface area contributed by atoms with Crippen LogP contribution in [0.15, 0.2) is 12.3 Å². The summed E-state index contributed by atoms with van der Waals surface area (Å²) < 4.78 is 1.61. The zero-order valence-corrected chi connectivity index (χ0v) is 10.3. The van der Waals surface area contributed by atoms with Crippen molar-refractivity contribution in [3.63, 3.8) is 0 Å². The summed E-state index contributed by atoms with van der Waals surface area (Å²) in [5, 5.41) is 15.8. The molecular weight excluding hydrogens is 234 g/mol. The van der Waals surface area contributed by atoms with Gasteiger partial charge < -0.3 is 10.4 Å². The summed E-state index contributed by atoms with van der Waals surface area (Å²) in [5.74, 6) is -1.02. The molecule has 0 radical (unpaired) electrons. The van der Waals surface area contributed by atoms with Gasteiger partial charge in [0, 0.05) is 25.2 Å². The molecule has 0 unspecified atom stereocenters. The summed E-state index contributed by atoms with van der Waals surface area (Å²) in [6, 6.07) is 1.72. The number of aromatic nitrogens is 2. The number of aryl methyl sites for hydroxylation is 1. The van der Waals surface area contributed by atoms with Crippen LogP contribution in [0.5, 0.6) is 0 Å². The summed E-state index contributed by atoms with van der Waals surface area (Å²) in [4.78, 5) is 22.9. The lowest BCUT2D eigenvalue weighted by atomic mass is 9.81. The third-order valence-corrected chi connectivity index (χ3v) is 3.36. The van der Waals surface area contributed by atoms with E-state index in [0.717, 1.165) is 12.8 Å². The zero-order valence-electron chi connectivity index (χ0n) is 10.3. The van der Waals surface area contributed by atoms with Gasteiger partial charge in [0.15, 0.2) is 5.82 Å². The molecular formula is C12H17N3O3. The van der Waals surface area contributed by atoms with Gasteiger partial charge in [-0.3, -0.25) is 14.3 Å². The largest absolute Gasteiger partial charge is 0.481 e. The van der Waals surface area contributed by atoms with Crippen LogP contribution in [0.25, 0.3) is 0 Å². The summed E-state index contributed by atoms with van der Waals surface area (Å²) in [6.07, 6.45) is 4.38.